The van der Waals surface area contributed by atoms with Gasteiger partial charge in [0.25, 0.3) is 11.8 Å². The number of anilines is 6. The number of pyridine rings is 2. The van der Waals surface area contributed by atoms with Crippen molar-refractivity contribution in [2.75, 3.05) is 73.3 Å². The predicted octanol–water partition coefficient (Wildman–Crippen LogP) is 1.95. The molecule has 2 aromatic heterocycles. The molecule has 1 aromatic carbocycles. The summed E-state index contributed by atoms with van der Waals surface area (Å²) in [6.45, 7) is 4.67. The largest absolute Gasteiger partial charge is 0.398 e. The fourth-order valence-electron chi connectivity index (χ4n) is 5.06. The SMILES string of the molecule is CN1CCN(C(=O)c2ccc(Nc3cc(NC4CCN(c5ccc(N)cn5)CC4)c(C(N)=O)cn3)cc2N)CC1. The molecule has 0 aliphatic carbocycles. The highest BCUT2D eigenvalue weighted by molar-refractivity contribution is 6.00. The second-order valence-corrected chi connectivity index (χ2v) is 10.4. The number of nitrogen functional groups attached to an aromatic ring is 2. The molecule has 2 aliphatic heterocycles. The highest BCUT2D eigenvalue weighted by Crippen LogP contribution is 2.27. The summed E-state index contributed by atoms with van der Waals surface area (Å²) in [5, 5.41) is 6.72. The molecular formula is C28H36N10O2. The standard InChI is InChI=1S/C28H36N10O2/c1-36-10-12-38(13-11-36)28(40)21-4-3-20(14-23(21)30)35-25-15-24(22(17-32-25)27(31)39)34-19-6-8-37(9-7-19)26-5-2-18(29)16-33-26/h2-5,14-17,19H,6-13,29-30H2,1H3,(H2,31,39)(H2,32,34,35). The van der Waals surface area contributed by atoms with E-state index in [1.54, 1.807) is 30.5 Å². The first-order valence-corrected chi connectivity index (χ1v) is 13.4. The molecule has 12 nitrogen and oxygen atoms in total. The molecule has 2 amide bonds. The van der Waals surface area contributed by atoms with Crippen LogP contribution in [0.25, 0.3) is 0 Å². The first kappa shape index (κ1) is 27.0. The van der Waals surface area contributed by atoms with Crippen LogP contribution in [-0.2, 0) is 0 Å². The Morgan fingerprint density at radius 1 is 0.900 bits per heavy atom. The van der Waals surface area contributed by atoms with Crippen LogP contribution in [0.1, 0.15) is 33.6 Å². The lowest BCUT2D eigenvalue weighted by Gasteiger charge is -2.34. The van der Waals surface area contributed by atoms with Crippen LogP contribution in [0.3, 0.4) is 0 Å². The van der Waals surface area contributed by atoms with Gasteiger partial charge in [0.05, 0.1) is 28.7 Å². The molecule has 0 saturated carbocycles. The quantitative estimate of drug-likeness (QED) is 0.277. The Bertz CT molecular complexity index is 1360. The van der Waals surface area contributed by atoms with E-state index in [1.165, 1.54) is 6.20 Å². The van der Waals surface area contributed by atoms with Gasteiger partial charge in [0.15, 0.2) is 0 Å². The van der Waals surface area contributed by atoms with Crippen LogP contribution in [0.4, 0.5) is 34.4 Å². The van der Waals surface area contributed by atoms with Crippen LogP contribution in [0.15, 0.2) is 48.8 Å². The molecule has 2 fully saturated rings. The molecule has 0 spiro atoms. The molecule has 0 bridgehead atoms. The van der Waals surface area contributed by atoms with Gasteiger partial charge in [0.1, 0.15) is 11.6 Å². The van der Waals surface area contributed by atoms with Gasteiger partial charge in [-0.25, -0.2) is 9.97 Å². The van der Waals surface area contributed by atoms with Gasteiger partial charge in [-0.15, -0.1) is 0 Å². The van der Waals surface area contributed by atoms with Gasteiger partial charge in [-0.3, -0.25) is 9.59 Å². The van der Waals surface area contributed by atoms with E-state index in [2.05, 4.69) is 30.4 Å². The predicted molar refractivity (Wildman–Crippen MR) is 158 cm³/mol. The fraction of sp³-hybridized carbons (Fsp3) is 0.357. The number of nitrogens with zero attached hydrogens (tertiary/aromatic N) is 5. The molecule has 5 rings (SSSR count). The van der Waals surface area contributed by atoms with Crippen LogP contribution in [0, 0.1) is 0 Å². The summed E-state index contributed by atoms with van der Waals surface area (Å²) in [4.78, 5) is 40.1. The molecule has 2 aliphatic rings. The van der Waals surface area contributed by atoms with Crippen molar-refractivity contribution < 1.29 is 9.59 Å². The maximum atomic E-state index is 13.0. The lowest BCUT2D eigenvalue weighted by atomic mass is 10.0. The Kier molecular flexibility index (Phi) is 7.87. The Morgan fingerprint density at radius 2 is 1.65 bits per heavy atom. The van der Waals surface area contributed by atoms with Gasteiger partial charge in [0.2, 0.25) is 0 Å². The number of nitrogens with one attached hydrogen (secondary N) is 2. The van der Waals surface area contributed by atoms with E-state index in [1.807, 2.05) is 24.1 Å². The maximum absolute atomic E-state index is 13.0. The third-order valence-electron chi connectivity index (χ3n) is 7.46. The summed E-state index contributed by atoms with van der Waals surface area (Å²) in [5.41, 5.74) is 20.8. The van der Waals surface area contributed by atoms with Gasteiger partial charge >= 0.3 is 0 Å². The van der Waals surface area contributed by atoms with Crippen molar-refractivity contribution in [2.24, 2.45) is 5.73 Å². The van der Waals surface area contributed by atoms with Crippen LogP contribution in [-0.4, -0.2) is 83.9 Å². The second kappa shape index (κ2) is 11.7. The average Bonchev–Trinajstić information content (AvgIpc) is 2.94. The number of hydrogen-bond acceptors (Lipinski definition) is 10. The lowest BCUT2D eigenvalue weighted by molar-refractivity contribution is 0.0665. The number of likely N-dealkylation sites (N-methyl/N-ethyl adjacent to an activating group) is 1. The number of benzene rings is 1. The lowest BCUT2D eigenvalue weighted by Crippen LogP contribution is -2.47. The zero-order valence-electron chi connectivity index (χ0n) is 22.6. The maximum Gasteiger partial charge on any atom is 0.256 e. The summed E-state index contributed by atoms with van der Waals surface area (Å²) >= 11 is 0. The average molecular weight is 545 g/mol. The highest BCUT2D eigenvalue weighted by atomic mass is 16.2. The second-order valence-electron chi connectivity index (χ2n) is 10.4. The van der Waals surface area contributed by atoms with Crippen LogP contribution in [0.5, 0.6) is 0 Å². The molecule has 3 aromatic rings. The van der Waals surface area contributed by atoms with E-state index in [4.69, 9.17) is 17.2 Å². The summed E-state index contributed by atoms with van der Waals surface area (Å²) in [6.07, 6.45) is 4.84. The number of amides is 2. The highest BCUT2D eigenvalue weighted by Gasteiger charge is 2.23. The van der Waals surface area contributed by atoms with Crippen molar-refractivity contribution in [3.8, 4) is 0 Å². The normalized spacial score (nSPS) is 16.5. The molecule has 40 heavy (non-hydrogen) atoms. The van der Waals surface area contributed by atoms with E-state index >= 15 is 0 Å². The molecular weight excluding hydrogens is 508 g/mol. The van der Waals surface area contributed by atoms with Crippen LogP contribution < -0.4 is 32.7 Å². The molecule has 4 heterocycles. The third-order valence-corrected chi connectivity index (χ3v) is 7.46. The molecule has 0 radical (unpaired) electrons. The minimum absolute atomic E-state index is 0.0641. The van der Waals surface area contributed by atoms with Crippen molar-refractivity contribution in [2.45, 2.75) is 18.9 Å². The number of rotatable bonds is 7. The Labute approximate surface area is 233 Å². The summed E-state index contributed by atoms with van der Waals surface area (Å²) in [7, 11) is 2.05. The number of piperazine rings is 1. The molecule has 210 valence electrons. The minimum Gasteiger partial charge on any atom is -0.398 e. The molecule has 12 heteroatoms. The summed E-state index contributed by atoms with van der Waals surface area (Å²) < 4.78 is 0. The number of piperidine rings is 1. The third kappa shape index (κ3) is 6.18. The van der Waals surface area contributed by atoms with Crippen LogP contribution >= 0.6 is 0 Å². The number of hydrogen-bond donors (Lipinski definition) is 5. The minimum atomic E-state index is -0.555. The number of carbonyl (C=O) groups is 2. The Balaban J connectivity index is 1.25. The van der Waals surface area contributed by atoms with Crippen molar-refractivity contribution >= 4 is 46.2 Å². The zero-order chi connectivity index (χ0) is 28.2. The first-order valence-electron chi connectivity index (χ1n) is 13.4. The van der Waals surface area contributed by atoms with E-state index in [0.717, 1.165) is 44.8 Å². The fourth-order valence-corrected chi connectivity index (χ4v) is 5.06. The van der Waals surface area contributed by atoms with Gasteiger partial charge in [-0.05, 0) is 50.2 Å². The van der Waals surface area contributed by atoms with Crippen molar-refractivity contribution in [3.63, 3.8) is 0 Å². The van der Waals surface area contributed by atoms with Gasteiger partial charge < -0.3 is 42.5 Å². The summed E-state index contributed by atoms with van der Waals surface area (Å²) in [5.74, 6) is 0.803. The Hall–Kier alpha value is -4.58. The number of nitrogens with two attached hydrogens (primary N) is 3. The van der Waals surface area contributed by atoms with E-state index in [9.17, 15) is 9.59 Å². The van der Waals surface area contributed by atoms with Crippen LogP contribution in [0.2, 0.25) is 0 Å². The molecule has 8 N–H and O–H groups in total. The number of aromatic nitrogens is 2. The van der Waals surface area contributed by atoms with Gasteiger partial charge in [0, 0.05) is 68.9 Å². The van der Waals surface area contributed by atoms with E-state index < -0.39 is 5.91 Å². The molecule has 2 saturated heterocycles. The molecule has 0 unspecified atom stereocenters. The van der Waals surface area contributed by atoms with Crippen molar-refractivity contribution in [1.82, 2.24) is 19.8 Å². The molecule has 0 atom stereocenters. The monoisotopic (exact) mass is 544 g/mol. The van der Waals surface area contributed by atoms with Gasteiger partial charge in [-0.2, -0.15) is 0 Å². The van der Waals surface area contributed by atoms with E-state index in [0.29, 0.717) is 52.8 Å². The van der Waals surface area contributed by atoms with Crippen molar-refractivity contribution in [1.29, 1.82) is 0 Å². The zero-order valence-corrected chi connectivity index (χ0v) is 22.6. The summed E-state index contributed by atoms with van der Waals surface area (Å²) in [6, 6.07) is 11.0. The van der Waals surface area contributed by atoms with Gasteiger partial charge in [-0.1, -0.05) is 0 Å². The smallest absolute Gasteiger partial charge is 0.256 e. The number of primary amides is 1. The van der Waals surface area contributed by atoms with E-state index in [-0.39, 0.29) is 11.9 Å². The number of carbonyl (C=O) groups excluding carboxylic acids is 2. The first-order chi connectivity index (χ1) is 19.3. The topological polar surface area (TPSA) is 172 Å². The Morgan fingerprint density at radius 3 is 2.30 bits per heavy atom. The van der Waals surface area contributed by atoms with Crippen molar-refractivity contribution in [3.05, 3.63) is 59.9 Å².